The van der Waals surface area contributed by atoms with Crippen molar-refractivity contribution in [1.82, 2.24) is 9.38 Å². The van der Waals surface area contributed by atoms with E-state index in [9.17, 15) is 0 Å². The van der Waals surface area contributed by atoms with E-state index in [4.69, 9.17) is 10.7 Å². The van der Waals surface area contributed by atoms with Crippen molar-refractivity contribution in [2.75, 3.05) is 24.5 Å². The molecule has 2 aromatic rings. The van der Waals surface area contributed by atoms with Crippen molar-refractivity contribution >= 4 is 22.1 Å². The molecule has 4 nitrogen and oxygen atoms in total. The summed E-state index contributed by atoms with van der Waals surface area (Å²) in [6.07, 6.45) is 5.48. The Morgan fingerprint density at radius 1 is 1.37 bits per heavy atom. The van der Waals surface area contributed by atoms with Crippen LogP contribution in [0.2, 0.25) is 0 Å². The van der Waals surface area contributed by atoms with Gasteiger partial charge in [0.15, 0.2) is 10.8 Å². The summed E-state index contributed by atoms with van der Waals surface area (Å²) in [5.41, 5.74) is 7.52. The number of hydrogen-bond acceptors (Lipinski definition) is 4. The first-order chi connectivity index (χ1) is 9.11. The van der Waals surface area contributed by atoms with Gasteiger partial charge in [0.05, 0.1) is 5.69 Å². The second kappa shape index (κ2) is 4.80. The number of thiazole rings is 1. The Morgan fingerprint density at radius 3 is 2.79 bits per heavy atom. The molecule has 0 bridgehead atoms. The minimum atomic E-state index is 0.474. The van der Waals surface area contributed by atoms with Crippen LogP contribution in [0.4, 0.5) is 5.82 Å². The number of fused-ring (bicyclic) bond motifs is 1. The molecule has 1 fully saturated rings. The van der Waals surface area contributed by atoms with Gasteiger partial charge in [0, 0.05) is 31.1 Å². The Labute approximate surface area is 118 Å². The smallest absolute Gasteiger partial charge is 0.195 e. The summed E-state index contributed by atoms with van der Waals surface area (Å²) in [5, 5.41) is 2.09. The third-order valence-electron chi connectivity index (χ3n) is 4.14. The number of aromatic nitrogens is 2. The van der Waals surface area contributed by atoms with Crippen LogP contribution < -0.4 is 10.6 Å². The molecule has 0 spiro atoms. The third-order valence-corrected chi connectivity index (χ3v) is 4.89. The highest BCUT2D eigenvalue weighted by Crippen LogP contribution is 2.34. The monoisotopic (exact) mass is 278 g/mol. The summed E-state index contributed by atoms with van der Waals surface area (Å²) in [6.45, 7) is 7.61. The fourth-order valence-corrected chi connectivity index (χ4v) is 3.50. The van der Waals surface area contributed by atoms with E-state index in [1.165, 1.54) is 18.5 Å². The molecular formula is C14H22N4S. The molecule has 1 aliphatic rings. The van der Waals surface area contributed by atoms with Gasteiger partial charge in [-0.25, -0.2) is 4.98 Å². The lowest BCUT2D eigenvalue weighted by Crippen LogP contribution is -2.38. The first kappa shape index (κ1) is 12.9. The average Bonchev–Trinajstić information content (AvgIpc) is 2.92. The zero-order chi connectivity index (χ0) is 13.5. The van der Waals surface area contributed by atoms with Gasteiger partial charge in [-0.3, -0.25) is 4.40 Å². The number of hydrogen-bond donors (Lipinski definition) is 1. The Morgan fingerprint density at radius 2 is 2.11 bits per heavy atom. The van der Waals surface area contributed by atoms with E-state index in [-0.39, 0.29) is 0 Å². The average molecular weight is 278 g/mol. The summed E-state index contributed by atoms with van der Waals surface area (Å²) < 4.78 is 2.20. The van der Waals surface area contributed by atoms with Crippen LogP contribution in [0, 0.1) is 5.41 Å². The largest absolute Gasteiger partial charge is 0.355 e. The van der Waals surface area contributed by atoms with Crippen molar-refractivity contribution in [3.63, 3.8) is 0 Å². The Hall–Kier alpha value is -1.07. The second-order valence-electron chi connectivity index (χ2n) is 6.13. The zero-order valence-electron chi connectivity index (χ0n) is 11.7. The molecule has 1 saturated heterocycles. The lowest BCUT2D eigenvalue weighted by atomic mass is 9.82. The first-order valence-electron chi connectivity index (χ1n) is 7.00. The molecule has 0 saturated carbocycles. The zero-order valence-corrected chi connectivity index (χ0v) is 12.5. The summed E-state index contributed by atoms with van der Waals surface area (Å²) in [6, 6.07) is 0. The molecule has 5 heteroatoms. The Balaban J connectivity index is 1.91. The van der Waals surface area contributed by atoms with Gasteiger partial charge in [0.1, 0.15) is 0 Å². The van der Waals surface area contributed by atoms with Gasteiger partial charge in [0.2, 0.25) is 0 Å². The topological polar surface area (TPSA) is 46.6 Å². The molecule has 0 aliphatic carbocycles. The van der Waals surface area contributed by atoms with E-state index in [1.54, 1.807) is 11.3 Å². The van der Waals surface area contributed by atoms with E-state index >= 15 is 0 Å². The summed E-state index contributed by atoms with van der Waals surface area (Å²) in [5.74, 6) is 1.16. The van der Waals surface area contributed by atoms with Crippen molar-refractivity contribution in [2.45, 2.75) is 33.1 Å². The van der Waals surface area contributed by atoms with Crippen LogP contribution >= 0.6 is 11.3 Å². The highest BCUT2D eigenvalue weighted by atomic mass is 32.1. The number of anilines is 1. The molecule has 104 valence electrons. The van der Waals surface area contributed by atoms with Crippen LogP contribution in [0.25, 0.3) is 4.96 Å². The quantitative estimate of drug-likeness (QED) is 0.938. The van der Waals surface area contributed by atoms with E-state index in [0.717, 1.165) is 30.3 Å². The minimum absolute atomic E-state index is 0.474. The van der Waals surface area contributed by atoms with Gasteiger partial charge in [-0.1, -0.05) is 13.8 Å². The molecule has 0 aromatic carbocycles. The first-order valence-corrected chi connectivity index (χ1v) is 7.88. The lowest BCUT2D eigenvalue weighted by molar-refractivity contribution is 0.279. The number of rotatable bonds is 3. The summed E-state index contributed by atoms with van der Waals surface area (Å²) in [4.78, 5) is 8.34. The molecule has 19 heavy (non-hydrogen) atoms. The molecule has 3 heterocycles. The van der Waals surface area contributed by atoms with Crippen LogP contribution in [0.3, 0.4) is 0 Å². The van der Waals surface area contributed by atoms with Crippen LogP contribution in [0.1, 0.15) is 32.4 Å². The molecule has 2 aromatic heterocycles. The molecular weight excluding hydrogens is 256 g/mol. The predicted molar refractivity (Wildman–Crippen MR) is 81.1 cm³/mol. The fraction of sp³-hybridized carbons (Fsp3) is 0.643. The van der Waals surface area contributed by atoms with Crippen molar-refractivity contribution in [2.24, 2.45) is 11.1 Å². The summed E-state index contributed by atoms with van der Waals surface area (Å²) >= 11 is 1.70. The third kappa shape index (κ3) is 2.37. The molecule has 1 aliphatic heterocycles. The van der Waals surface area contributed by atoms with Gasteiger partial charge in [0.25, 0.3) is 0 Å². The van der Waals surface area contributed by atoms with Crippen LogP contribution in [0.5, 0.6) is 0 Å². The molecule has 3 rings (SSSR count). The fourth-order valence-electron chi connectivity index (χ4n) is 2.77. The number of imidazole rings is 1. The highest BCUT2D eigenvalue weighted by molar-refractivity contribution is 7.15. The van der Waals surface area contributed by atoms with Crippen molar-refractivity contribution < 1.29 is 0 Å². The van der Waals surface area contributed by atoms with E-state index in [1.807, 2.05) is 0 Å². The predicted octanol–water partition coefficient (Wildman–Crippen LogP) is 2.52. The molecule has 0 amide bonds. The number of piperidine rings is 1. The maximum Gasteiger partial charge on any atom is 0.195 e. The van der Waals surface area contributed by atoms with Gasteiger partial charge in [-0.15, -0.1) is 11.3 Å². The van der Waals surface area contributed by atoms with Crippen molar-refractivity contribution in [1.29, 1.82) is 0 Å². The second-order valence-corrected chi connectivity index (χ2v) is 7.00. The standard InChI is InChI=1S/C14H22N4S/c1-14(2)4-7-17(8-5-14)12-11(3-6-15)18-9-10-19-13(18)16-12/h9-10H,3-8,15H2,1-2H3. The SMILES string of the molecule is CC1(C)CCN(c2nc3sccn3c2CCN)CC1. The maximum atomic E-state index is 5.76. The normalized spacial score (nSPS) is 19.2. The van der Waals surface area contributed by atoms with E-state index in [0.29, 0.717) is 12.0 Å². The highest BCUT2D eigenvalue weighted by Gasteiger charge is 2.28. The van der Waals surface area contributed by atoms with Gasteiger partial charge in [-0.05, 0) is 24.8 Å². The minimum Gasteiger partial charge on any atom is -0.355 e. The Bertz CT molecular complexity index is 559. The molecule has 0 atom stereocenters. The van der Waals surface area contributed by atoms with Crippen LogP contribution in [-0.2, 0) is 6.42 Å². The van der Waals surface area contributed by atoms with Crippen molar-refractivity contribution in [3.8, 4) is 0 Å². The maximum absolute atomic E-state index is 5.76. The molecule has 2 N–H and O–H groups in total. The Kier molecular flexibility index (Phi) is 3.27. The van der Waals surface area contributed by atoms with Crippen LogP contribution in [-0.4, -0.2) is 29.0 Å². The van der Waals surface area contributed by atoms with Gasteiger partial charge < -0.3 is 10.6 Å². The van der Waals surface area contributed by atoms with E-state index in [2.05, 4.69) is 34.7 Å². The van der Waals surface area contributed by atoms with Crippen LogP contribution in [0.15, 0.2) is 11.6 Å². The molecule has 0 unspecified atom stereocenters. The van der Waals surface area contributed by atoms with Crippen molar-refractivity contribution in [3.05, 3.63) is 17.3 Å². The number of nitrogens with zero attached hydrogens (tertiary/aromatic N) is 3. The number of nitrogens with two attached hydrogens (primary N) is 1. The summed E-state index contributed by atoms with van der Waals surface area (Å²) in [7, 11) is 0. The van der Waals surface area contributed by atoms with Gasteiger partial charge in [-0.2, -0.15) is 0 Å². The van der Waals surface area contributed by atoms with Gasteiger partial charge >= 0.3 is 0 Å². The van der Waals surface area contributed by atoms with E-state index < -0.39 is 0 Å². The lowest BCUT2D eigenvalue weighted by Gasteiger charge is -2.37. The molecule has 0 radical (unpaired) electrons.